The van der Waals surface area contributed by atoms with Crippen LogP contribution < -0.4 is 5.56 Å². The van der Waals surface area contributed by atoms with Gasteiger partial charge in [0.2, 0.25) is 0 Å². The van der Waals surface area contributed by atoms with Crippen molar-refractivity contribution in [1.82, 2.24) is 4.98 Å². The molecule has 0 aliphatic heterocycles. The molecule has 100 valence electrons. The lowest BCUT2D eigenvalue weighted by molar-refractivity contribution is 0.0694. The van der Waals surface area contributed by atoms with Gasteiger partial charge in [0.15, 0.2) is 0 Å². The minimum Gasteiger partial charge on any atom is -0.507 e. The predicted octanol–water partition coefficient (Wildman–Crippen LogP) is 1.63. The van der Waals surface area contributed by atoms with E-state index < -0.39 is 11.5 Å². The van der Waals surface area contributed by atoms with Gasteiger partial charge in [-0.15, -0.1) is 0 Å². The number of pyridine rings is 1. The van der Waals surface area contributed by atoms with E-state index in [1.54, 1.807) is 19.1 Å². The maximum absolute atomic E-state index is 11.7. The van der Waals surface area contributed by atoms with E-state index in [9.17, 15) is 14.7 Å². The van der Waals surface area contributed by atoms with Crippen LogP contribution in [-0.2, 0) is 0 Å². The zero-order valence-electron chi connectivity index (χ0n) is 10.5. The van der Waals surface area contributed by atoms with Gasteiger partial charge in [0.1, 0.15) is 22.9 Å². The summed E-state index contributed by atoms with van der Waals surface area (Å²) in [5.41, 5.74) is 0.338. The lowest BCUT2D eigenvalue weighted by atomic mass is 9.99. The highest BCUT2D eigenvalue weighted by Gasteiger charge is 2.15. The number of aromatic nitrogens is 1. The van der Waals surface area contributed by atoms with Crippen LogP contribution in [-0.4, -0.2) is 21.2 Å². The monoisotopic (exact) mass is 270 g/mol. The fraction of sp³-hybridized carbons (Fsp3) is 0.0714. The van der Waals surface area contributed by atoms with Crippen LogP contribution in [0.4, 0.5) is 0 Å². The molecule has 20 heavy (non-hydrogen) atoms. The number of carboxylic acid groups (broad SMARTS) is 1. The molecule has 6 heteroatoms. The Morgan fingerprint density at radius 1 is 1.35 bits per heavy atom. The lowest BCUT2D eigenvalue weighted by Gasteiger charge is -2.07. The summed E-state index contributed by atoms with van der Waals surface area (Å²) >= 11 is 0. The number of benzene rings is 1. The lowest BCUT2D eigenvalue weighted by Crippen LogP contribution is -2.12. The molecule has 1 heterocycles. The highest BCUT2D eigenvalue weighted by molar-refractivity contribution is 5.92. The van der Waals surface area contributed by atoms with E-state index >= 15 is 0 Å². The van der Waals surface area contributed by atoms with Gasteiger partial charge >= 0.3 is 5.97 Å². The molecule has 0 aliphatic carbocycles. The number of rotatable bonds is 2. The zero-order chi connectivity index (χ0) is 14.9. The quantitative estimate of drug-likeness (QED) is 0.767. The van der Waals surface area contributed by atoms with Crippen LogP contribution in [0.15, 0.2) is 29.1 Å². The topological polar surface area (TPSA) is 114 Å². The van der Waals surface area contributed by atoms with E-state index in [1.165, 1.54) is 18.2 Å². The number of hydrogen-bond donors (Lipinski definition) is 3. The zero-order valence-corrected chi connectivity index (χ0v) is 10.5. The Morgan fingerprint density at radius 2 is 2.05 bits per heavy atom. The third-order valence-corrected chi connectivity index (χ3v) is 2.82. The molecule has 0 fully saturated rings. The first-order valence-corrected chi connectivity index (χ1v) is 5.64. The molecule has 6 nitrogen and oxygen atoms in total. The number of aryl methyl sites for hydroxylation is 1. The SMILES string of the molecule is Cc1cc(-c2ccc(O)c(C(=O)O)c2)c(C#N)c(=O)[nH]1. The smallest absolute Gasteiger partial charge is 0.339 e. The van der Waals surface area contributed by atoms with Crippen molar-refractivity contribution in [2.24, 2.45) is 0 Å². The van der Waals surface area contributed by atoms with Crippen LogP contribution in [0.2, 0.25) is 0 Å². The Bertz CT molecular complexity index is 800. The Labute approximate surface area is 113 Å². The Balaban J connectivity index is 2.76. The Kier molecular flexibility index (Phi) is 3.27. The highest BCUT2D eigenvalue weighted by atomic mass is 16.4. The van der Waals surface area contributed by atoms with Gasteiger partial charge in [0.25, 0.3) is 5.56 Å². The second kappa shape index (κ2) is 4.90. The van der Waals surface area contributed by atoms with Gasteiger partial charge in [-0.2, -0.15) is 5.26 Å². The van der Waals surface area contributed by atoms with E-state index in [1.807, 2.05) is 0 Å². The maximum Gasteiger partial charge on any atom is 0.339 e. The Morgan fingerprint density at radius 3 is 2.65 bits per heavy atom. The van der Waals surface area contributed by atoms with E-state index in [2.05, 4.69) is 4.98 Å². The van der Waals surface area contributed by atoms with Crippen molar-refractivity contribution < 1.29 is 15.0 Å². The van der Waals surface area contributed by atoms with Crippen molar-refractivity contribution in [3.8, 4) is 22.9 Å². The number of aromatic carboxylic acids is 1. The van der Waals surface area contributed by atoms with Crippen molar-refractivity contribution in [1.29, 1.82) is 5.26 Å². The third-order valence-electron chi connectivity index (χ3n) is 2.82. The van der Waals surface area contributed by atoms with Gasteiger partial charge in [-0.3, -0.25) is 4.79 Å². The second-order valence-corrected chi connectivity index (χ2v) is 4.22. The molecule has 2 aromatic rings. The number of nitriles is 1. The summed E-state index contributed by atoms with van der Waals surface area (Å²) in [4.78, 5) is 25.2. The number of nitrogens with one attached hydrogen (secondary N) is 1. The first-order chi connectivity index (χ1) is 9.43. The fourth-order valence-electron chi connectivity index (χ4n) is 1.90. The maximum atomic E-state index is 11.7. The van der Waals surface area contributed by atoms with Gasteiger partial charge in [0, 0.05) is 11.3 Å². The number of hydrogen-bond acceptors (Lipinski definition) is 4. The summed E-state index contributed by atoms with van der Waals surface area (Å²) in [6.45, 7) is 1.66. The molecule has 1 aromatic carbocycles. The summed E-state index contributed by atoms with van der Waals surface area (Å²) in [7, 11) is 0. The molecule has 0 saturated heterocycles. The average Bonchev–Trinajstić information content (AvgIpc) is 2.38. The summed E-state index contributed by atoms with van der Waals surface area (Å²) in [6, 6.07) is 7.28. The molecular formula is C14H10N2O4. The van der Waals surface area contributed by atoms with Gasteiger partial charge < -0.3 is 15.2 Å². The van der Waals surface area contributed by atoms with Crippen LogP contribution in [0.25, 0.3) is 11.1 Å². The van der Waals surface area contributed by atoms with Crippen molar-refractivity contribution in [3.63, 3.8) is 0 Å². The number of aromatic amines is 1. The molecule has 0 amide bonds. The predicted molar refractivity (Wildman–Crippen MR) is 70.6 cm³/mol. The van der Waals surface area contributed by atoms with E-state index in [0.717, 1.165) is 0 Å². The van der Waals surface area contributed by atoms with Gasteiger partial charge in [-0.05, 0) is 30.7 Å². The second-order valence-electron chi connectivity index (χ2n) is 4.22. The van der Waals surface area contributed by atoms with Crippen molar-refractivity contribution in [3.05, 3.63) is 51.4 Å². The van der Waals surface area contributed by atoms with Gasteiger partial charge in [-0.25, -0.2) is 4.79 Å². The van der Waals surface area contributed by atoms with Gasteiger partial charge in [0.05, 0.1) is 0 Å². The molecule has 0 bridgehead atoms. The van der Waals surface area contributed by atoms with Crippen LogP contribution in [0.5, 0.6) is 5.75 Å². The molecule has 0 atom stereocenters. The minimum atomic E-state index is -1.29. The molecule has 3 N–H and O–H groups in total. The van der Waals surface area contributed by atoms with Crippen molar-refractivity contribution in [2.45, 2.75) is 6.92 Å². The summed E-state index contributed by atoms with van der Waals surface area (Å²) in [6.07, 6.45) is 0. The molecule has 2 rings (SSSR count). The largest absolute Gasteiger partial charge is 0.507 e. The number of H-pyrrole nitrogens is 1. The number of nitrogens with zero attached hydrogens (tertiary/aromatic N) is 1. The minimum absolute atomic E-state index is 0.0994. The molecule has 0 aliphatic rings. The third kappa shape index (κ3) is 2.24. The highest BCUT2D eigenvalue weighted by Crippen LogP contribution is 2.27. The first-order valence-electron chi connectivity index (χ1n) is 5.64. The van der Waals surface area contributed by atoms with E-state index in [4.69, 9.17) is 10.4 Å². The fourth-order valence-corrected chi connectivity index (χ4v) is 1.90. The van der Waals surface area contributed by atoms with Crippen LogP contribution >= 0.6 is 0 Å². The van der Waals surface area contributed by atoms with Crippen LogP contribution in [0, 0.1) is 18.3 Å². The number of carboxylic acids is 1. The molecule has 0 spiro atoms. The van der Waals surface area contributed by atoms with Crippen molar-refractivity contribution in [2.75, 3.05) is 0 Å². The summed E-state index contributed by atoms with van der Waals surface area (Å²) in [5.74, 6) is -1.66. The summed E-state index contributed by atoms with van der Waals surface area (Å²) < 4.78 is 0. The number of phenols is 1. The van der Waals surface area contributed by atoms with E-state index in [-0.39, 0.29) is 16.9 Å². The molecule has 0 radical (unpaired) electrons. The summed E-state index contributed by atoms with van der Waals surface area (Å²) in [5, 5.41) is 27.5. The standard InChI is InChI=1S/C14H10N2O4/c1-7-4-9(11(6-15)13(18)16-7)8-2-3-12(17)10(5-8)14(19)20/h2-5,17H,1H3,(H,16,18)(H,19,20). The van der Waals surface area contributed by atoms with E-state index in [0.29, 0.717) is 16.8 Å². The normalized spacial score (nSPS) is 10.0. The first kappa shape index (κ1) is 13.4. The number of carbonyl (C=O) groups is 1. The van der Waals surface area contributed by atoms with Crippen molar-refractivity contribution >= 4 is 5.97 Å². The van der Waals surface area contributed by atoms with Gasteiger partial charge in [-0.1, -0.05) is 6.07 Å². The average molecular weight is 270 g/mol. The number of aromatic hydroxyl groups is 1. The Hall–Kier alpha value is -3.07. The van der Waals surface area contributed by atoms with Crippen LogP contribution in [0.3, 0.4) is 0 Å². The molecule has 0 unspecified atom stereocenters. The van der Waals surface area contributed by atoms with Crippen LogP contribution in [0.1, 0.15) is 21.6 Å². The molecule has 0 saturated carbocycles. The molecular weight excluding hydrogens is 260 g/mol. The molecule has 1 aromatic heterocycles.